The maximum atomic E-state index is 12.9. The molecule has 2 aliphatic rings. The number of ether oxygens (including phenoxy) is 4. The number of aliphatic hydroxyl groups is 1. The van der Waals surface area contributed by atoms with Crippen LogP contribution in [-0.2, 0) is 18.9 Å². The molecule has 2 aromatic carbocycles. The van der Waals surface area contributed by atoms with Crippen molar-refractivity contribution in [1.29, 1.82) is 0 Å². The monoisotopic (exact) mass is 478 g/mol. The summed E-state index contributed by atoms with van der Waals surface area (Å²) >= 11 is 0. The summed E-state index contributed by atoms with van der Waals surface area (Å²) in [6.45, 7) is 8.05. The van der Waals surface area contributed by atoms with E-state index in [1.807, 2.05) is 70.2 Å². The number of benzene rings is 2. The number of aliphatic hydroxyl groups excluding tert-OH is 1. The van der Waals surface area contributed by atoms with Gasteiger partial charge in [-0.1, -0.05) is 54.1 Å². The van der Waals surface area contributed by atoms with Gasteiger partial charge in [0.15, 0.2) is 12.1 Å². The van der Waals surface area contributed by atoms with E-state index in [1.54, 1.807) is 24.3 Å². The molecule has 2 heterocycles. The molecule has 0 amide bonds. The topological polar surface area (TPSA) is 74.2 Å². The first-order valence-electron chi connectivity index (χ1n) is 12.1. The molecule has 6 nitrogen and oxygen atoms in total. The van der Waals surface area contributed by atoms with Crippen molar-refractivity contribution in [2.24, 2.45) is 0 Å². The van der Waals surface area contributed by atoms with Gasteiger partial charge in [-0.25, -0.2) is 4.79 Å². The minimum Gasteiger partial charge on any atom is -0.452 e. The van der Waals surface area contributed by atoms with Crippen LogP contribution in [0.25, 0.3) is 6.08 Å². The maximum absolute atomic E-state index is 12.9. The average Bonchev–Trinajstić information content (AvgIpc) is 3.11. The van der Waals surface area contributed by atoms with Crippen LogP contribution in [0.15, 0.2) is 60.7 Å². The molecule has 0 aliphatic carbocycles. The number of hydrogen-bond donors (Lipinski definition) is 1. The van der Waals surface area contributed by atoms with Gasteiger partial charge in [-0.3, -0.25) is 0 Å². The Kier molecular flexibility index (Phi) is 7.87. The lowest BCUT2D eigenvalue weighted by Crippen LogP contribution is -2.37. The second kappa shape index (κ2) is 10.9. The fraction of sp³-hybridized carbons (Fsp3) is 0.414. The molecule has 6 heteroatoms. The third kappa shape index (κ3) is 6.27. The molecule has 186 valence electrons. The second-order valence-electron chi connectivity index (χ2n) is 9.54. The van der Waals surface area contributed by atoms with Crippen LogP contribution in [0.2, 0.25) is 0 Å². The van der Waals surface area contributed by atoms with Gasteiger partial charge >= 0.3 is 5.97 Å². The second-order valence-corrected chi connectivity index (χ2v) is 9.54. The lowest BCUT2D eigenvalue weighted by Gasteiger charge is -2.24. The summed E-state index contributed by atoms with van der Waals surface area (Å²) in [5, 5.41) is 10.8. The first-order chi connectivity index (χ1) is 16.7. The van der Waals surface area contributed by atoms with Crippen LogP contribution < -0.4 is 0 Å². The van der Waals surface area contributed by atoms with E-state index >= 15 is 0 Å². The molecule has 4 rings (SSSR count). The molecule has 0 aromatic heterocycles. The van der Waals surface area contributed by atoms with Gasteiger partial charge < -0.3 is 24.1 Å². The number of carbonyl (C=O) groups excluding carboxylic acids is 1. The van der Waals surface area contributed by atoms with E-state index in [9.17, 15) is 9.90 Å². The summed E-state index contributed by atoms with van der Waals surface area (Å²) in [6, 6.07) is 13.0. The van der Waals surface area contributed by atoms with E-state index in [1.165, 1.54) is 0 Å². The highest BCUT2D eigenvalue weighted by atomic mass is 16.8. The molecule has 1 fully saturated rings. The van der Waals surface area contributed by atoms with Crippen molar-refractivity contribution in [2.75, 3.05) is 6.61 Å². The Morgan fingerprint density at radius 2 is 1.86 bits per heavy atom. The van der Waals surface area contributed by atoms with Gasteiger partial charge in [0.05, 0.1) is 18.3 Å². The fourth-order valence-corrected chi connectivity index (χ4v) is 4.68. The third-order valence-corrected chi connectivity index (χ3v) is 6.16. The van der Waals surface area contributed by atoms with Crippen LogP contribution in [0.5, 0.6) is 0 Å². The molecule has 35 heavy (non-hydrogen) atoms. The van der Waals surface area contributed by atoms with Crippen molar-refractivity contribution in [3.63, 3.8) is 0 Å². The molecule has 2 aromatic rings. The number of aryl methyl sites for hydroxylation is 2. The van der Waals surface area contributed by atoms with Crippen molar-refractivity contribution >= 4 is 12.0 Å². The minimum absolute atomic E-state index is 0.310. The zero-order valence-electron chi connectivity index (χ0n) is 20.8. The van der Waals surface area contributed by atoms with E-state index in [-0.39, 0.29) is 6.10 Å². The Bertz CT molecular complexity index is 1090. The van der Waals surface area contributed by atoms with E-state index < -0.39 is 30.3 Å². The summed E-state index contributed by atoms with van der Waals surface area (Å²) in [7, 11) is 0. The van der Waals surface area contributed by atoms with Crippen LogP contribution in [-0.4, -0.2) is 41.8 Å². The number of rotatable bonds is 2. The van der Waals surface area contributed by atoms with Crippen molar-refractivity contribution in [2.45, 2.75) is 70.9 Å². The lowest BCUT2D eigenvalue weighted by atomic mass is 9.97. The van der Waals surface area contributed by atoms with Gasteiger partial charge in [0.2, 0.25) is 0 Å². The van der Waals surface area contributed by atoms with Gasteiger partial charge in [-0.2, -0.15) is 0 Å². The zero-order valence-corrected chi connectivity index (χ0v) is 20.8. The quantitative estimate of drug-likeness (QED) is 0.459. The first-order valence-corrected chi connectivity index (χ1v) is 12.1. The lowest BCUT2D eigenvalue weighted by molar-refractivity contribution is -0.152. The maximum Gasteiger partial charge on any atom is 0.338 e. The fourth-order valence-electron chi connectivity index (χ4n) is 4.68. The molecule has 1 N–H and O–H groups in total. The van der Waals surface area contributed by atoms with Gasteiger partial charge in [-0.05, 0) is 69.9 Å². The molecule has 4 atom stereocenters. The number of fused-ring (bicyclic) bond motifs is 2. The van der Waals surface area contributed by atoms with E-state index in [0.717, 1.165) is 22.3 Å². The van der Waals surface area contributed by atoms with Crippen LogP contribution in [0.1, 0.15) is 65.6 Å². The Labute approximate surface area is 207 Å². The smallest absolute Gasteiger partial charge is 0.338 e. The summed E-state index contributed by atoms with van der Waals surface area (Å²) < 4.78 is 24.1. The molecule has 0 saturated carbocycles. The highest BCUT2D eigenvalue weighted by molar-refractivity contribution is 5.89. The molecular formula is C29H34O6. The molecule has 2 aliphatic heterocycles. The minimum atomic E-state index is -1.03. The Morgan fingerprint density at radius 1 is 1.09 bits per heavy atom. The SMILES string of the molecule is Cc1cc(C)c2c(c1)/C=C/C[C@@H]1OC(C)(C)OC1C(OC(=O)c1ccccc1)/C=C\CCOC2O. The largest absolute Gasteiger partial charge is 0.452 e. The number of hydrogen-bond acceptors (Lipinski definition) is 6. The van der Waals surface area contributed by atoms with E-state index in [4.69, 9.17) is 18.9 Å². The molecule has 1 saturated heterocycles. The molecule has 0 spiro atoms. The Balaban J connectivity index is 1.64. The normalized spacial score (nSPS) is 28.3. The number of esters is 1. The molecule has 0 bridgehead atoms. The van der Waals surface area contributed by atoms with Crippen LogP contribution in [0.4, 0.5) is 0 Å². The first kappa shape index (κ1) is 25.3. The average molecular weight is 479 g/mol. The predicted molar refractivity (Wildman–Crippen MR) is 134 cm³/mol. The van der Waals surface area contributed by atoms with Gasteiger partial charge in [0.1, 0.15) is 12.2 Å². The number of carbonyl (C=O) groups is 1. The molecule has 0 radical (unpaired) electrons. The van der Waals surface area contributed by atoms with Gasteiger partial charge in [0.25, 0.3) is 0 Å². The van der Waals surface area contributed by atoms with Crippen molar-refractivity contribution in [1.82, 2.24) is 0 Å². The van der Waals surface area contributed by atoms with E-state index in [2.05, 4.69) is 0 Å². The highest BCUT2D eigenvalue weighted by Gasteiger charge is 2.45. The van der Waals surface area contributed by atoms with Crippen LogP contribution >= 0.6 is 0 Å². The predicted octanol–water partition coefficient (Wildman–Crippen LogP) is 5.42. The standard InChI is InChI=1S/C29H34O6/c1-19-17-20(2)25-22(18-19)13-10-15-24-26(35-29(3,4)34-24)23(14-8-9-16-32-28(25)31)33-27(30)21-11-6-5-7-12-21/h5-8,10-14,17-18,23-24,26,28,31H,9,15-16H2,1-4H3/b13-10+,14-8-/t23?,24-,26?,28?/m0/s1. The summed E-state index contributed by atoms with van der Waals surface area (Å²) in [5.74, 6) is -1.23. The Hall–Kier alpha value is -2.77. The summed E-state index contributed by atoms with van der Waals surface area (Å²) in [4.78, 5) is 12.9. The van der Waals surface area contributed by atoms with Gasteiger partial charge in [-0.15, -0.1) is 0 Å². The van der Waals surface area contributed by atoms with E-state index in [0.29, 0.717) is 25.0 Å². The summed E-state index contributed by atoms with van der Waals surface area (Å²) in [5.41, 5.74) is 4.23. The van der Waals surface area contributed by atoms with Crippen LogP contribution in [0, 0.1) is 13.8 Å². The third-order valence-electron chi connectivity index (χ3n) is 6.16. The summed E-state index contributed by atoms with van der Waals surface area (Å²) in [6.07, 6.45) is 6.33. The zero-order chi connectivity index (χ0) is 25.0. The van der Waals surface area contributed by atoms with Gasteiger partial charge in [0, 0.05) is 5.56 Å². The van der Waals surface area contributed by atoms with Crippen molar-refractivity contribution < 1.29 is 28.8 Å². The van der Waals surface area contributed by atoms with Crippen molar-refractivity contribution in [3.8, 4) is 0 Å². The molecule has 3 unspecified atom stereocenters. The molecular weight excluding hydrogens is 444 g/mol. The Morgan fingerprint density at radius 3 is 2.63 bits per heavy atom. The van der Waals surface area contributed by atoms with Crippen molar-refractivity contribution in [3.05, 3.63) is 88.5 Å². The van der Waals surface area contributed by atoms with Crippen LogP contribution in [0.3, 0.4) is 0 Å². The highest BCUT2D eigenvalue weighted by Crippen LogP contribution is 2.34.